The van der Waals surface area contributed by atoms with E-state index >= 15 is 0 Å². The Morgan fingerprint density at radius 2 is 0.964 bits per heavy atom. The zero-order chi connectivity index (χ0) is 39.4. The van der Waals surface area contributed by atoms with Crippen LogP contribution in [0.2, 0.25) is 0 Å². The van der Waals surface area contributed by atoms with E-state index < -0.39 is 41.5 Å². The van der Waals surface area contributed by atoms with Crippen molar-refractivity contribution in [1.82, 2.24) is 0 Å². The fraction of sp³-hybridized carbons (Fsp3) is 0.429. The van der Waals surface area contributed by atoms with Crippen molar-refractivity contribution in [2.75, 3.05) is 0 Å². The van der Waals surface area contributed by atoms with Crippen LogP contribution >= 0.6 is 0 Å². The number of hydrogen-bond donors (Lipinski definition) is 2. The van der Waals surface area contributed by atoms with Gasteiger partial charge in [0.2, 0.25) is 0 Å². The van der Waals surface area contributed by atoms with Gasteiger partial charge in [0.05, 0.1) is 4.90 Å². The number of para-hydroxylation sites is 2. The smallest absolute Gasteiger partial charge is 0.870 e. The van der Waals surface area contributed by atoms with Gasteiger partial charge in [0.15, 0.2) is 11.5 Å². The molecule has 10 nitrogen and oxygen atoms in total. The van der Waals surface area contributed by atoms with Gasteiger partial charge in [-0.05, 0) is 79.3 Å². The molecule has 0 aromatic heterocycles. The molecule has 0 fully saturated rings. The molecule has 4 aromatic carbocycles. The van der Waals surface area contributed by atoms with Gasteiger partial charge < -0.3 is 24.2 Å². The molecule has 0 aliphatic carbocycles. The molecule has 0 heterocycles. The minimum absolute atomic E-state index is 0. The van der Waals surface area contributed by atoms with Gasteiger partial charge in [-0.25, -0.2) is 8.42 Å². The predicted octanol–water partition coefficient (Wildman–Crippen LogP) is 10.1. The summed E-state index contributed by atoms with van der Waals surface area (Å²) >= 11 is 0. The number of aromatic hydroxyl groups is 1. The summed E-state index contributed by atoms with van der Waals surface area (Å²) < 4.78 is 79.0. The van der Waals surface area contributed by atoms with Gasteiger partial charge in [0, 0.05) is 0 Å². The van der Waals surface area contributed by atoms with E-state index in [2.05, 4.69) is 13.8 Å². The zero-order valence-corrected chi connectivity index (χ0v) is 35.9. The van der Waals surface area contributed by atoms with Crippen LogP contribution in [0.5, 0.6) is 34.5 Å². The predicted molar refractivity (Wildman–Crippen MR) is 214 cm³/mol. The fourth-order valence-electron chi connectivity index (χ4n) is 5.93. The summed E-state index contributed by atoms with van der Waals surface area (Å²) in [5.41, 5.74) is 1.22. The molecule has 0 unspecified atom stereocenters. The molecule has 4 rings (SSSR count). The van der Waals surface area contributed by atoms with E-state index in [9.17, 15) is 36.2 Å². The number of ether oxygens (including phenoxy) is 2. The van der Waals surface area contributed by atoms with E-state index in [4.69, 9.17) is 9.47 Å². The fourth-order valence-corrected chi connectivity index (χ4v) is 7.27. The first kappa shape index (κ1) is 48.3. The molecule has 55 heavy (non-hydrogen) atoms. The molecule has 0 bridgehead atoms. The molecule has 4 aromatic rings. The summed E-state index contributed by atoms with van der Waals surface area (Å²) in [5, 5.41) is 22.7. The quantitative estimate of drug-likeness (QED) is 0.0441. The van der Waals surface area contributed by atoms with Crippen molar-refractivity contribution < 1.29 is 45.6 Å². The van der Waals surface area contributed by atoms with Crippen LogP contribution in [-0.4, -0.2) is 68.8 Å². The number of phenols is 1. The first-order valence-electron chi connectivity index (χ1n) is 18.9. The summed E-state index contributed by atoms with van der Waals surface area (Å²) in [5.74, 6) is -0.899. The van der Waals surface area contributed by atoms with Crippen LogP contribution in [0, 0.1) is 0 Å². The number of benzene rings is 4. The van der Waals surface area contributed by atoms with Crippen molar-refractivity contribution in [3.05, 3.63) is 96.1 Å². The second kappa shape index (κ2) is 25.4. The van der Waals surface area contributed by atoms with Gasteiger partial charge in [-0.3, -0.25) is 4.55 Å². The Bertz CT molecular complexity index is 1780. The standard InChI is InChI=1S/2C21H28O5S.Ca/c2*1-2-3-4-5-6-7-9-12-17-15-19(22)21(20(16-17)27(23,24)25)26-18-13-10-8-11-14-18;/h2*8,10-11,13-16,22H,2-7,9,12H2,1H3,(H,23,24,25);/q;;+2/p-2. The maximum atomic E-state index is 12.4. The van der Waals surface area contributed by atoms with Crippen molar-refractivity contribution in [2.24, 2.45) is 0 Å². The molecular weight excluding hydrogens is 769 g/mol. The molecule has 0 radical (unpaired) electrons. The zero-order valence-electron chi connectivity index (χ0n) is 32.1. The van der Waals surface area contributed by atoms with E-state index in [0.717, 1.165) is 38.5 Å². The summed E-state index contributed by atoms with van der Waals surface area (Å²) in [6, 6.07) is 22.4. The minimum atomic E-state index is -4.82. The van der Waals surface area contributed by atoms with Gasteiger partial charge in [-0.15, -0.1) is 0 Å². The summed E-state index contributed by atoms with van der Waals surface area (Å²) in [6.07, 6.45) is 17.1. The van der Waals surface area contributed by atoms with Crippen LogP contribution in [-0.2, 0) is 33.1 Å². The third-order valence-corrected chi connectivity index (χ3v) is 10.5. The molecule has 0 amide bonds. The van der Waals surface area contributed by atoms with Crippen LogP contribution in [0.1, 0.15) is 115 Å². The minimum Gasteiger partial charge on any atom is -0.870 e. The molecule has 0 spiro atoms. The second-order valence-electron chi connectivity index (χ2n) is 13.4. The monoisotopic (exact) mass is 822 g/mol. The van der Waals surface area contributed by atoms with Crippen molar-refractivity contribution in [2.45, 2.75) is 126 Å². The topological polar surface area (TPSA) is 173 Å². The Hall–Kier alpha value is -2.84. The van der Waals surface area contributed by atoms with Crippen molar-refractivity contribution in [3.8, 4) is 34.5 Å². The van der Waals surface area contributed by atoms with Gasteiger partial charge in [-0.1, -0.05) is 139 Å². The Morgan fingerprint density at radius 3 is 1.40 bits per heavy atom. The SMILES string of the molecule is CCCCCCCCCc1cc(O)c(Oc2ccccc2)c(S(=O)(=O)O)c1.CCCCCCCCCc1cc([O-])c(Oc2ccccc2)c(S(=O)(=O)[O-])c1.[Ca+2]. The van der Waals surface area contributed by atoms with Crippen LogP contribution in [0.3, 0.4) is 0 Å². The van der Waals surface area contributed by atoms with Crippen LogP contribution < -0.4 is 14.6 Å². The van der Waals surface area contributed by atoms with Crippen molar-refractivity contribution >= 4 is 58.0 Å². The van der Waals surface area contributed by atoms with Crippen LogP contribution in [0.25, 0.3) is 0 Å². The van der Waals surface area contributed by atoms with E-state index in [1.165, 1.54) is 75.6 Å². The normalized spacial score (nSPS) is 11.3. The number of unbranched alkanes of at least 4 members (excludes halogenated alkanes) is 12. The molecule has 296 valence electrons. The Morgan fingerprint density at radius 1 is 0.564 bits per heavy atom. The van der Waals surface area contributed by atoms with Crippen LogP contribution in [0.15, 0.2) is 94.7 Å². The van der Waals surface area contributed by atoms with Crippen LogP contribution in [0.4, 0.5) is 0 Å². The Labute approximate surface area is 357 Å². The van der Waals surface area contributed by atoms with E-state index in [1.807, 2.05) is 0 Å². The summed E-state index contributed by atoms with van der Waals surface area (Å²) in [6.45, 7) is 4.36. The maximum Gasteiger partial charge on any atom is 2.00 e. The Kier molecular flexibility index (Phi) is 22.3. The van der Waals surface area contributed by atoms with E-state index in [-0.39, 0.29) is 49.2 Å². The first-order chi connectivity index (χ1) is 25.8. The largest absolute Gasteiger partial charge is 2.00 e. The summed E-state index contributed by atoms with van der Waals surface area (Å²) in [7, 11) is -9.35. The van der Waals surface area contributed by atoms with Gasteiger partial charge in [0.1, 0.15) is 32.3 Å². The number of aryl methyl sites for hydroxylation is 2. The molecule has 2 N–H and O–H groups in total. The van der Waals surface area contributed by atoms with Gasteiger partial charge in [0.25, 0.3) is 10.1 Å². The number of phenolic OH excluding ortho intramolecular Hbond substituents is 1. The van der Waals surface area contributed by atoms with E-state index in [0.29, 0.717) is 35.5 Å². The molecule has 0 saturated heterocycles. The average molecular weight is 823 g/mol. The first-order valence-corrected chi connectivity index (χ1v) is 21.8. The van der Waals surface area contributed by atoms with Crippen molar-refractivity contribution in [1.29, 1.82) is 0 Å². The van der Waals surface area contributed by atoms with Gasteiger partial charge in [-0.2, -0.15) is 8.42 Å². The van der Waals surface area contributed by atoms with Crippen molar-refractivity contribution in [3.63, 3.8) is 0 Å². The second-order valence-corrected chi connectivity index (χ2v) is 16.1. The summed E-state index contributed by atoms with van der Waals surface area (Å²) in [4.78, 5) is -0.999. The third kappa shape index (κ3) is 17.9. The molecular formula is C42H54CaO10S2. The molecule has 0 atom stereocenters. The third-order valence-electron chi connectivity index (χ3n) is 8.79. The number of hydrogen-bond acceptors (Lipinski definition) is 9. The van der Waals surface area contributed by atoms with Gasteiger partial charge >= 0.3 is 37.7 Å². The average Bonchev–Trinajstić information content (AvgIpc) is 3.13. The maximum absolute atomic E-state index is 12.4. The Balaban J connectivity index is 0.000000373. The van der Waals surface area contributed by atoms with E-state index in [1.54, 1.807) is 60.7 Å². The molecule has 0 aliphatic heterocycles. The molecule has 0 aliphatic rings. The molecule has 13 heteroatoms. The number of rotatable bonds is 22. The molecule has 0 saturated carbocycles.